The second-order valence-corrected chi connectivity index (χ2v) is 12.8. The predicted octanol–water partition coefficient (Wildman–Crippen LogP) is 4.75. The van der Waals surface area contributed by atoms with Crippen molar-refractivity contribution in [1.82, 2.24) is 0 Å². The van der Waals surface area contributed by atoms with Crippen LogP contribution in [0, 0.1) is 0 Å². The van der Waals surface area contributed by atoms with Crippen molar-refractivity contribution in [3.05, 3.63) is 60.7 Å². The van der Waals surface area contributed by atoms with Gasteiger partial charge in [-0.3, -0.25) is 0 Å². The molecule has 0 aliphatic heterocycles. The lowest BCUT2D eigenvalue weighted by Gasteiger charge is -2.24. The van der Waals surface area contributed by atoms with E-state index < -0.39 is 8.32 Å². The summed E-state index contributed by atoms with van der Waals surface area (Å²) < 4.78 is 5.97. The molecular formula is C19H27OPSi. The van der Waals surface area contributed by atoms with E-state index in [-0.39, 0.29) is 7.92 Å². The third-order valence-electron chi connectivity index (χ3n) is 3.83. The van der Waals surface area contributed by atoms with Crippen molar-refractivity contribution >= 4 is 26.8 Å². The summed E-state index contributed by atoms with van der Waals surface area (Å²) in [4.78, 5) is 0. The molecule has 118 valence electrons. The van der Waals surface area contributed by atoms with Crippen LogP contribution in [0.15, 0.2) is 60.7 Å². The van der Waals surface area contributed by atoms with Gasteiger partial charge in [0.15, 0.2) is 8.32 Å². The van der Waals surface area contributed by atoms with Gasteiger partial charge in [-0.2, -0.15) is 0 Å². The molecule has 0 bridgehead atoms. The summed E-state index contributed by atoms with van der Waals surface area (Å²) in [5.41, 5.74) is 0. The van der Waals surface area contributed by atoms with Gasteiger partial charge < -0.3 is 4.43 Å². The maximum Gasteiger partial charge on any atom is 0.186 e. The molecule has 0 heterocycles. The van der Waals surface area contributed by atoms with Crippen molar-refractivity contribution in [1.29, 1.82) is 0 Å². The van der Waals surface area contributed by atoms with Gasteiger partial charge in [0.1, 0.15) is 0 Å². The summed E-state index contributed by atoms with van der Waals surface area (Å²) in [5.74, 6) is 0. The molecule has 0 unspecified atom stereocenters. The zero-order valence-electron chi connectivity index (χ0n) is 14.0. The Morgan fingerprint density at radius 3 is 1.82 bits per heavy atom. The van der Waals surface area contributed by atoms with E-state index in [9.17, 15) is 0 Å². The van der Waals surface area contributed by atoms with Crippen molar-refractivity contribution < 1.29 is 4.43 Å². The Balaban J connectivity index is 2.07. The second-order valence-electron chi connectivity index (χ2n) is 6.12. The highest BCUT2D eigenvalue weighted by atomic mass is 31.1. The zero-order valence-corrected chi connectivity index (χ0v) is 15.9. The number of rotatable bonds is 8. The normalized spacial score (nSPS) is 11.8. The minimum Gasteiger partial charge on any atom is -0.418 e. The summed E-state index contributed by atoms with van der Waals surface area (Å²) >= 11 is 0. The predicted molar refractivity (Wildman–Crippen MR) is 102 cm³/mol. The number of hydrogen-bond acceptors (Lipinski definition) is 1. The van der Waals surface area contributed by atoms with Crippen molar-refractivity contribution in [2.75, 3.05) is 12.8 Å². The summed E-state index contributed by atoms with van der Waals surface area (Å²) in [6, 6.07) is 23.2. The van der Waals surface area contributed by atoms with Gasteiger partial charge in [0.05, 0.1) is 0 Å². The number of benzene rings is 2. The largest absolute Gasteiger partial charge is 0.418 e. The van der Waals surface area contributed by atoms with Crippen LogP contribution in [0.25, 0.3) is 0 Å². The molecule has 0 N–H and O–H groups in total. The van der Waals surface area contributed by atoms with E-state index in [0.717, 1.165) is 6.61 Å². The molecule has 0 aliphatic carbocycles. The molecule has 2 rings (SSSR count). The first-order chi connectivity index (χ1) is 10.6. The van der Waals surface area contributed by atoms with Gasteiger partial charge in [-0.25, -0.2) is 0 Å². The van der Waals surface area contributed by atoms with Gasteiger partial charge in [-0.15, -0.1) is 0 Å². The van der Waals surface area contributed by atoms with Crippen LogP contribution in [-0.2, 0) is 4.43 Å². The Labute approximate surface area is 137 Å². The monoisotopic (exact) mass is 330 g/mol. The Morgan fingerprint density at radius 2 is 1.36 bits per heavy atom. The topological polar surface area (TPSA) is 9.23 Å². The van der Waals surface area contributed by atoms with Gasteiger partial charge in [0.2, 0.25) is 0 Å². The maximum absolute atomic E-state index is 5.97. The first-order valence-corrected chi connectivity index (χ1v) is 12.8. The molecule has 0 saturated carbocycles. The lowest BCUT2D eigenvalue weighted by molar-refractivity contribution is 0.328. The summed E-state index contributed by atoms with van der Waals surface area (Å²) in [6.07, 6.45) is 2.52. The molecule has 0 atom stereocenters. The fourth-order valence-corrected chi connectivity index (χ4v) is 7.35. The van der Waals surface area contributed by atoms with E-state index in [1.54, 1.807) is 0 Å². The Morgan fingerprint density at radius 1 is 0.864 bits per heavy atom. The molecule has 0 aromatic heterocycles. The van der Waals surface area contributed by atoms with E-state index >= 15 is 0 Å². The highest BCUT2D eigenvalue weighted by Gasteiger charge is 2.22. The molecule has 0 saturated heterocycles. The Kier molecular flexibility index (Phi) is 6.82. The standard InChI is InChI=1S/C19H27OPSi/c1-4-20-22(2,3)17-11-16-21(18-12-7-5-8-13-18)19-14-9-6-10-15-19/h5-10,12-15H,4,11,16-17H2,1-3H3. The maximum atomic E-state index is 5.97. The van der Waals surface area contributed by atoms with Crippen molar-refractivity contribution in [2.24, 2.45) is 0 Å². The summed E-state index contributed by atoms with van der Waals surface area (Å²) in [5, 5.41) is 2.97. The van der Waals surface area contributed by atoms with Crippen molar-refractivity contribution in [2.45, 2.75) is 32.5 Å². The van der Waals surface area contributed by atoms with Gasteiger partial charge in [0.25, 0.3) is 0 Å². The molecule has 1 nitrogen and oxygen atoms in total. The first kappa shape index (κ1) is 17.4. The Bertz CT molecular complexity index is 502. The first-order valence-electron chi connectivity index (χ1n) is 8.14. The van der Waals surface area contributed by atoms with Gasteiger partial charge in [-0.05, 0) is 57.2 Å². The van der Waals surface area contributed by atoms with E-state index in [2.05, 4.69) is 80.7 Å². The fraction of sp³-hybridized carbons (Fsp3) is 0.368. The summed E-state index contributed by atoms with van der Waals surface area (Å²) in [7, 11) is -1.71. The van der Waals surface area contributed by atoms with E-state index in [1.165, 1.54) is 29.2 Å². The van der Waals surface area contributed by atoms with Gasteiger partial charge in [0, 0.05) is 6.61 Å². The highest BCUT2D eigenvalue weighted by Crippen LogP contribution is 2.35. The molecular weight excluding hydrogens is 303 g/mol. The molecule has 0 amide bonds. The Hall–Kier alpha value is -0.953. The summed E-state index contributed by atoms with van der Waals surface area (Å²) in [6.45, 7) is 7.63. The molecule has 2 aromatic rings. The molecule has 0 radical (unpaired) electrons. The van der Waals surface area contributed by atoms with E-state index in [0.29, 0.717) is 0 Å². The third-order valence-corrected chi connectivity index (χ3v) is 9.07. The van der Waals surface area contributed by atoms with Crippen LogP contribution in [0.3, 0.4) is 0 Å². The van der Waals surface area contributed by atoms with E-state index in [1.807, 2.05) is 0 Å². The van der Waals surface area contributed by atoms with Crippen LogP contribution in [0.2, 0.25) is 19.1 Å². The minimum absolute atomic E-state index is 0.247. The van der Waals surface area contributed by atoms with Crippen LogP contribution >= 0.6 is 7.92 Å². The van der Waals surface area contributed by atoms with E-state index in [4.69, 9.17) is 4.43 Å². The smallest absolute Gasteiger partial charge is 0.186 e. The average Bonchev–Trinajstić information content (AvgIpc) is 2.53. The number of hydrogen-bond donors (Lipinski definition) is 0. The fourth-order valence-electron chi connectivity index (χ4n) is 2.75. The van der Waals surface area contributed by atoms with Crippen molar-refractivity contribution in [3.63, 3.8) is 0 Å². The van der Waals surface area contributed by atoms with Crippen LogP contribution < -0.4 is 10.6 Å². The average molecular weight is 330 g/mol. The molecule has 2 aromatic carbocycles. The third kappa shape index (κ3) is 5.35. The quantitative estimate of drug-likeness (QED) is 0.501. The lowest BCUT2D eigenvalue weighted by Crippen LogP contribution is -2.30. The van der Waals surface area contributed by atoms with Gasteiger partial charge in [-0.1, -0.05) is 60.7 Å². The lowest BCUT2D eigenvalue weighted by atomic mass is 10.4. The van der Waals surface area contributed by atoms with Crippen LogP contribution in [0.5, 0.6) is 0 Å². The highest BCUT2D eigenvalue weighted by molar-refractivity contribution is 7.73. The minimum atomic E-state index is -1.46. The molecule has 22 heavy (non-hydrogen) atoms. The second kappa shape index (κ2) is 8.62. The van der Waals surface area contributed by atoms with Gasteiger partial charge >= 0.3 is 0 Å². The van der Waals surface area contributed by atoms with Crippen LogP contribution in [-0.4, -0.2) is 21.1 Å². The molecule has 0 fully saturated rings. The molecule has 0 spiro atoms. The molecule has 0 aliphatic rings. The molecule has 3 heteroatoms. The zero-order chi connectivity index (χ0) is 15.8. The van der Waals surface area contributed by atoms with Crippen LogP contribution in [0.1, 0.15) is 13.3 Å². The SMILES string of the molecule is CCO[Si](C)(C)CCCP(c1ccccc1)c1ccccc1. The van der Waals surface area contributed by atoms with Crippen molar-refractivity contribution in [3.8, 4) is 0 Å². The van der Waals surface area contributed by atoms with Crippen LogP contribution in [0.4, 0.5) is 0 Å².